The molecule has 112 valence electrons. The average Bonchev–Trinajstić information content (AvgIpc) is 2.26. The predicted molar refractivity (Wildman–Crippen MR) is 56.1 cm³/mol. The van der Waals surface area contributed by atoms with E-state index in [0.717, 1.165) is 6.92 Å². The second-order valence-electron chi connectivity index (χ2n) is 3.93. The summed E-state index contributed by atoms with van der Waals surface area (Å²) in [6.45, 7) is 0.323. The summed E-state index contributed by atoms with van der Waals surface area (Å²) in [6, 6.07) is -1.47. The van der Waals surface area contributed by atoms with E-state index in [1.165, 1.54) is 0 Å². The minimum atomic E-state index is -5.19. The van der Waals surface area contributed by atoms with Crippen molar-refractivity contribution in [2.75, 3.05) is 6.61 Å². The molecular formula is C8H14NNaO9S. The predicted octanol–water partition coefficient (Wildman–Crippen LogP) is -6.59. The maximum Gasteiger partial charge on any atom is 1.00 e. The zero-order valence-electron chi connectivity index (χ0n) is 10.8. The number of amides is 1. The second kappa shape index (κ2) is 7.98. The van der Waals surface area contributed by atoms with Crippen LogP contribution in [0.25, 0.3) is 0 Å². The fraction of sp³-hybridized carbons (Fsp3) is 0.875. The summed E-state index contributed by atoms with van der Waals surface area (Å²) in [5.74, 6) is -0.667. The second-order valence-corrected chi connectivity index (χ2v) is 4.94. The van der Waals surface area contributed by atoms with Crippen molar-refractivity contribution >= 4 is 16.3 Å². The zero-order valence-corrected chi connectivity index (χ0v) is 13.6. The molecule has 0 bridgehead atoms. The Balaban J connectivity index is 0.00000361. The van der Waals surface area contributed by atoms with Gasteiger partial charge in [0.05, 0.1) is 6.61 Å². The van der Waals surface area contributed by atoms with Crippen LogP contribution in [0, 0.1) is 0 Å². The first-order valence-electron chi connectivity index (χ1n) is 5.19. The largest absolute Gasteiger partial charge is 1.00 e. The number of carbonyl (C=O) groups excluding carboxylic acids is 1. The van der Waals surface area contributed by atoms with Crippen LogP contribution in [0.2, 0.25) is 0 Å². The zero-order chi connectivity index (χ0) is 14.8. The molecule has 1 unspecified atom stereocenters. The van der Waals surface area contributed by atoms with Gasteiger partial charge in [0, 0.05) is 6.92 Å². The molecule has 0 saturated carbocycles. The molecule has 0 aromatic rings. The Labute approximate surface area is 137 Å². The standard InChI is InChI=1S/C8H15NO9S.Na/c1-3(11)9-5-7(18-19(14,15)16)6(12)4(2-10)17-8(5)13;/h4-8,10,12-13H,2H2,1H3,(H,9,11)(H,14,15,16);/q;+1/p-1/t4-,5-,6-,7-,8?;/m1./s1. The van der Waals surface area contributed by atoms with Crippen molar-refractivity contribution < 1.29 is 71.6 Å². The van der Waals surface area contributed by atoms with E-state index in [-0.39, 0.29) is 29.6 Å². The monoisotopic (exact) mass is 323 g/mol. The van der Waals surface area contributed by atoms with E-state index in [1.54, 1.807) is 0 Å². The first-order chi connectivity index (χ1) is 8.65. The SMILES string of the molecule is CC(=O)N[C@H]1C(O)O[C@H](CO)[C@@H](O)[C@@H]1OS(=O)(=O)[O-].[Na+]. The molecule has 0 aromatic carbocycles. The molecule has 0 spiro atoms. The summed E-state index contributed by atoms with van der Waals surface area (Å²) < 4.78 is 40.7. The van der Waals surface area contributed by atoms with Crippen LogP contribution >= 0.6 is 0 Å². The van der Waals surface area contributed by atoms with Crippen LogP contribution in [0.4, 0.5) is 0 Å². The molecule has 0 aromatic heterocycles. The maximum atomic E-state index is 10.9. The van der Waals surface area contributed by atoms with Crippen LogP contribution in [0.15, 0.2) is 0 Å². The summed E-state index contributed by atoms with van der Waals surface area (Å²) in [6.07, 6.45) is -6.61. The van der Waals surface area contributed by atoms with Gasteiger partial charge in [0.25, 0.3) is 0 Å². The summed E-state index contributed by atoms with van der Waals surface area (Å²) in [7, 11) is -5.19. The fourth-order valence-corrected chi connectivity index (χ4v) is 2.23. The molecule has 0 radical (unpaired) electrons. The van der Waals surface area contributed by atoms with E-state index in [1.807, 2.05) is 0 Å². The number of aliphatic hydroxyl groups excluding tert-OH is 3. The van der Waals surface area contributed by atoms with Gasteiger partial charge in [-0.2, -0.15) is 0 Å². The fourth-order valence-electron chi connectivity index (χ4n) is 1.72. The third kappa shape index (κ3) is 5.52. The number of rotatable bonds is 4. The molecule has 12 heteroatoms. The molecule has 1 heterocycles. The van der Waals surface area contributed by atoms with Gasteiger partial charge in [-0.1, -0.05) is 0 Å². The van der Waals surface area contributed by atoms with E-state index in [4.69, 9.17) is 9.84 Å². The van der Waals surface area contributed by atoms with Gasteiger partial charge in [-0.05, 0) is 0 Å². The number of hydrogen-bond acceptors (Lipinski definition) is 9. The van der Waals surface area contributed by atoms with Crippen LogP contribution in [0.1, 0.15) is 6.92 Å². The van der Waals surface area contributed by atoms with Crippen molar-refractivity contribution in [3.63, 3.8) is 0 Å². The normalized spacial score (nSPS) is 34.1. The van der Waals surface area contributed by atoms with Crippen molar-refractivity contribution in [1.29, 1.82) is 0 Å². The van der Waals surface area contributed by atoms with Gasteiger partial charge < -0.3 is 29.9 Å². The third-order valence-corrected chi connectivity index (χ3v) is 2.93. The molecule has 1 fully saturated rings. The van der Waals surface area contributed by atoms with Crippen molar-refractivity contribution in [2.45, 2.75) is 37.6 Å². The van der Waals surface area contributed by atoms with Gasteiger partial charge in [-0.25, -0.2) is 8.42 Å². The summed E-state index contributed by atoms with van der Waals surface area (Å²) in [5, 5.41) is 30.3. The minimum Gasteiger partial charge on any atom is -0.726 e. The number of hydrogen-bond donors (Lipinski definition) is 4. The van der Waals surface area contributed by atoms with Gasteiger partial charge in [0.1, 0.15) is 24.4 Å². The van der Waals surface area contributed by atoms with E-state index in [9.17, 15) is 28.0 Å². The molecule has 1 saturated heterocycles. The van der Waals surface area contributed by atoms with Crippen molar-refractivity contribution in [3.05, 3.63) is 0 Å². The van der Waals surface area contributed by atoms with Crippen molar-refractivity contribution in [1.82, 2.24) is 5.32 Å². The molecule has 10 nitrogen and oxygen atoms in total. The number of carbonyl (C=O) groups is 1. The van der Waals surface area contributed by atoms with Crippen molar-refractivity contribution in [3.8, 4) is 0 Å². The average molecular weight is 323 g/mol. The number of ether oxygens (including phenoxy) is 1. The van der Waals surface area contributed by atoms with Crippen LogP contribution in [0.3, 0.4) is 0 Å². The minimum absolute atomic E-state index is 0. The molecule has 1 aliphatic rings. The van der Waals surface area contributed by atoms with Gasteiger partial charge >= 0.3 is 29.6 Å². The molecule has 4 N–H and O–H groups in total. The summed E-state index contributed by atoms with van der Waals surface area (Å²) in [5.41, 5.74) is 0. The Morgan fingerprint density at radius 3 is 2.40 bits per heavy atom. The number of aliphatic hydroxyl groups is 3. The Morgan fingerprint density at radius 1 is 1.45 bits per heavy atom. The van der Waals surface area contributed by atoms with E-state index in [0.29, 0.717) is 0 Å². The van der Waals surface area contributed by atoms with E-state index >= 15 is 0 Å². The quantitative estimate of drug-likeness (QED) is 0.223. The van der Waals surface area contributed by atoms with Gasteiger partial charge in [0.15, 0.2) is 6.29 Å². The van der Waals surface area contributed by atoms with Gasteiger partial charge in [-0.15, -0.1) is 0 Å². The van der Waals surface area contributed by atoms with Crippen LogP contribution < -0.4 is 34.9 Å². The number of nitrogens with one attached hydrogen (secondary N) is 1. The molecule has 1 aliphatic heterocycles. The molecule has 0 aliphatic carbocycles. The van der Waals surface area contributed by atoms with Gasteiger partial charge in [-0.3, -0.25) is 8.98 Å². The molecule has 1 rings (SSSR count). The molecule has 5 atom stereocenters. The smallest absolute Gasteiger partial charge is 0.726 e. The summed E-state index contributed by atoms with van der Waals surface area (Å²) >= 11 is 0. The van der Waals surface area contributed by atoms with E-state index in [2.05, 4.69) is 9.50 Å². The topological polar surface area (TPSA) is 165 Å². The first-order valence-corrected chi connectivity index (χ1v) is 6.52. The maximum absolute atomic E-state index is 10.9. The van der Waals surface area contributed by atoms with Crippen molar-refractivity contribution in [2.24, 2.45) is 0 Å². The molecule has 1 amide bonds. The molecular weight excluding hydrogens is 309 g/mol. The van der Waals surface area contributed by atoms with Crippen LogP contribution in [0.5, 0.6) is 0 Å². The van der Waals surface area contributed by atoms with Gasteiger partial charge in [0.2, 0.25) is 16.3 Å². The Bertz CT molecular complexity index is 430. The van der Waals surface area contributed by atoms with E-state index < -0.39 is 53.6 Å². The molecule has 20 heavy (non-hydrogen) atoms. The first kappa shape index (κ1) is 20.2. The Hall–Kier alpha value is 0.180. The third-order valence-electron chi connectivity index (χ3n) is 2.47. The summed E-state index contributed by atoms with van der Waals surface area (Å²) in [4.78, 5) is 10.9. The Morgan fingerprint density at radius 2 is 2.00 bits per heavy atom. The van der Waals surface area contributed by atoms with Crippen LogP contribution in [-0.4, -0.2) is 71.4 Å². The van der Waals surface area contributed by atoms with Crippen LogP contribution in [-0.2, 0) is 24.1 Å². The Kier molecular flexibility index (Phi) is 8.05.